The average Bonchev–Trinajstić information content (AvgIpc) is 3.35. The van der Waals surface area contributed by atoms with Gasteiger partial charge in [-0.05, 0) is 67.6 Å². The highest BCUT2D eigenvalue weighted by Gasteiger charge is 2.26. The summed E-state index contributed by atoms with van der Waals surface area (Å²) in [6.45, 7) is 12.2. The number of nitrogens with zero attached hydrogens (tertiary/aromatic N) is 3. The van der Waals surface area contributed by atoms with E-state index >= 15 is 0 Å². The number of carbonyl (C=O) groups excluding carboxylic acids is 2. The Morgan fingerprint density at radius 3 is 2.33 bits per heavy atom. The van der Waals surface area contributed by atoms with E-state index in [4.69, 9.17) is 9.47 Å². The number of benzene rings is 3. The minimum atomic E-state index is -1.45. The number of rotatable bonds is 10. The molecule has 0 aliphatic carbocycles. The first kappa shape index (κ1) is 30.8. The molecule has 9 nitrogen and oxygen atoms in total. The summed E-state index contributed by atoms with van der Waals surface area (Å²) in [5, 5.41) is 30.5. The Hall–Kier alpha value is -4.15. The highest BCUT2D eigenvalue weighted by Crippen LogP contribution is 2.37. The summed E-state index contributed by atoms with van der Waals surface area (Å²) in [6, 6.07) is 19.4. The van der Waals surface area contributed by atoms with Gasteiger partial charge in [-0.15, -0.1) is 15.0 Å². The smallest absolute Gasteiger partial charge is 0.336 e. The molecule has 2 atom stereocenters. The van der Waals surface area contributed by atoms with Crippen molar-refractivity contribution in [3.05, 3.63) is 83.9 Å². The van der Waals surface area contributed by atoms with Gasteiger partial charge < -0.3 is 19.7 Å². The molecule has 4 aromatic rings. The van der Waals surface area contributed by atoms with Crippen LogP contribution in [-0.4, -0.2) is 49.5 Å². The van der Waals surface area contributed by atoms with Gasteiger partial charge in [0.2, 0.25) is 0 Å². The number of hydrogen-bond donors (Lipinski definition) is 2. The molecule has 220 valence electrons. The van der Waals surface area contributed by atoms with E-state index in [-0.39, 0.29) is 24.2 Å². The minimum Gasteiger partial charge on any atom is -0.505 e. The minimum absolute atomic E-state index is 0.0499. The van der Waals surface area contributed by atoms with E-state index in [0.717, 1.165) is 15.4 Å². The number of phenols is 1. The molecule has 3 aromatic carbocycles. The molecule has 10 heteroatoms. The Kier molecular flexibility index (Phi) is 9.38. The molecule has 0 fully saturated rings. The number of aryl methyl sites for hydroxylation is 1. The van der Waals surface area contributed by atoms with Crippen LogP contribution in [0.5, 0.6) is 5.75 Å². The molecule has 0 aliphatic rings. The van der Waals surface area contributed by atoms with Crippen LogP contribution in [0.15, 0.2) is 82.6 Å². The molecule has 0 spiro atoms. The number of aromatic hydroxyl groups is 1. The summed E-state index contributed by atoms with van der Waals surface area (Å²) in [5.74, 6) is -1.38. The number of hydrogen-bond acceptors (Lipinski definition) is 9. The van der Waals surface area contributed by atoms with E-state index in [0.29, 0.717) is 22.3 Å². The van der Waals surface area contributed by atoms with E-state index in [1.807, 2.05) is 75.4 Å². The van der Waals surface area contributed by atoms with Crippen molar-refractivity contribution in [2.75, 3.05) is 0 Å². The maximum Gasteiger partial charge on any atom is 0.336 e. The van der Waals surface area contributed by atoms with E-state index in [1.54, 1.807) is 17.8 Å². The molecule has 2 unspecified atom stereocenters. The lowest BCUT2D eigenvalue weighted by Crippen LogP contribution is -2.34. The van der Waals surface area contributed by atoms with Crippen molar-refractivity contribution < 1.29 is 29.3 Å². The fourth-order valence-electron chi connectivity index (χ4n) is 4.10. The molecule has 0 radical (unpaired) electrons. The fourth-order valence-corrected chi connectivity index (χ4v) is 4.97. The summed E-state index contributed by atoms with van der Waals surface area (Å²) in [5.41, 5.74) is 2.85. The van der Waals surface area contributed by atoms with E-state index in [1.165, 1.54) is 18.6 Å². The number of ether oxygens (including phenoxy) is 2. The SMILES string of the molecule is C=C(C)C(=O)OC(OC(=O)CCc1cc(-n2nc3ccc(Sc4ccccc4)cc3n2)c(O)c(C(C)(C)C)c1)C(C)O. The number of esters is 2. The van der Waals surface area contributed by atoms with Gasteiger partial charge in [0.1, 0.15) is 28.6 Å². The maximum atomic E-state index is 12.6. The highest BCUT2D eigenvalue weighted by molar-refractivity contribution is 7.99. The Morgan fingerprint density at radius 2 is 1.69 bits per heavy atom. The lowest BCUT2D eigenvalue weighted by molar-refractivity contribution is -0.202. The summed E-state index contributed by atoms with van der Waals surface area (Å²) in [7, 11) is 0. The first-order valence-electron chi connectivity index (χ1n) is 13.5. The van der Waals surface area contributed by atoms with Crippen molar-refractivity contribution in [2.24, 2.45) is 0 Å². The number of phenolic OH excluding ortho intramolecular Hbond substituents is 1. The molecule has 0 saturated heterocycles. The molecular weight excluding hydrogens is 554 g/mol. The Morgan fingerprint density at radius 1 is 1.00 bits per heavy atom. The zero-order valence-electron chi connectivity index (χ0n) is 24.3. The molecule has 42 heavy (non-hydrogen) atoms. The maximum absolute atomic E-state index is 12.6. The van der Waals surface area contributed by atoms with Crippen molar-refractivity contribution in [3.8, 4) is 11.4 Å². The lowest BCUT2D eigenvalue weighted by atomic mass is 9.84. The molecular formula is C32H35N3O6S. The quantitative estimate of drug-likeness (QED) is 0.133. The van der Waals surface area contributed by atoms with Crippen LogP contribution in [0.1, 0.15) is 52.2 Å². The van der Waals surface area contributed by atoms with Crippen LogP contribution >= 0.6 is 11.8 Å². The van der Waals surface area contributed by atoms with Crippen molar-refractivity contribution >= 4 is 34.7 Å². The van der Waals surface area contributed by atoms with E-state index < -0.39 is 29.7 Å². The van der Waals surface area contributed by atoms with Crippen LogP contribution in [0.4, 0.5) is 0 Å². The van der Waals surface area contributed by atoms with Gasteiger partial charge in [0.15, 0.2) is 0 Å². The second-order valence-electron chi connectivity index (χ2n) is 11.1. The molecule has 0 saturated carbocycles. The predicted molar refractivity (Wildman–Crippen MR) is 161 cm³/mol. The van der Waals surface area contributed by atoms with Crippen LogP contribution in [0.3, 0.4) is 0 Å². The topological polar surface area (TPSA) is 124 Å². The van der Waals surface area contributed by atoms with Crippen LogP contribution in [0.2, 0.25) is 0 Å². The third-order valence-electron chi connectivity index (χ3n) is 6.33. The van der Waals surface area contributed by atoms with Gasteiger partial charge >= 0.3 is 11.9 Å². The van der Waals surface area contributed by atoms with Gasteiger partial charge in [0.05, 0.1) is 0 Å². The van der Waals surface area contributed by atoms with Gasteiger partial charge in [-0.2, -0.15) is 0 Å². The largest absolute Gasteiger partial charge is 0.505 e. The van der Waals surface area contributed by atoms with Gasteiger partial charge in [-0.3, -0.25) is 4.79 Å². The van der Waals surface area contributed by atoms with Crippen molar-refractivity contribution in [2.45, 2.75) is 75.1 Å². The third kappa shape index (κ3) is 7.57. The zero-order valence-corrected chi connectivity index (χ0v) is 25.1. The van der Waals surface area contributed by atoms with Crippen molar-refractivity contribution in [1.82, 2.24) is 15.0 Å². The van der Waals surface area contributed by atoms with Gasteiger partial charge in [0, 0.05) is 27.3 Å². The van der Waals surface area contributed by atoms with Gasteiger partial charge in [-0.25, -0.2) is 4.79 Å². The molecule has 1 aromatic heterocycles. The van der Waals surface area contributed by atoms with Crippen molar-refractivity contribution in [3.63, 3.8) is 0 Å². The molecule has 1 heterocycles. The number of aromatic nitrogens is 3. The van der Waals surface area contributed by atoms with Crippen LogP contribution in [-0.2, 0) is 30.9 Å². The summed E-state index contributed by atoms with van der Waals surface area (Å²) < 4.78 is 10.3. The highest BCUT2D eigenvalue weighted by atomic mass is 32.2. The number of carbonyl (C=O) groups is 2. The monoisotopic (exact) mass is 589 g/mol. The lowest BCUT2D eigenvalue weighted by Gasteiger charge is -2.23. The molecule has 4 rings (SSSR count). The number of aliphatic hydroxyl groups excluding tert-OH is 1. The van der Waals surface area contributed by atoms with Crippen LogP contribution in [0, 0.1) is 0 Å². The molecule has 0 amide bonds. The molecule has 0 aliphatic heterocycles. The Bertz CT molecular complexity index is 1610. The predicted octanol–water partition coefficient (Wildman–Crippen LogP) is 5.88. The fraction of sp³-hybridized carbons (Fsp3) is 0.312. The summed E-state index contributed by atoms with van der Waals surface area (Å²) >= 11 is 1.62. The number of fused-ring (bicyclic) bond motifs is 1. The van der Waals surface area contributed by atoms with Crippen LogP contribution in [0.25, 0.3) is 16.7 Å². The summed E-state index contributed by atoms with van der Waals surface area (Å²) in [4.78, 5) is 28.0. The standard InChI is InChI=1S/C32H35N3O6S/c1-19(2)30(39)41-31(20(3)36)40-28(37)15-12-21-16-24(32(4,5)6)29(38)27(17-21)35-33-25-14-13-23(18-26(25)34-35)42-22-10-8-7-9-11-22/h7-11,13-14,16-18,20,31,36,38H,1,12,15H2,2-6H3. The first-order valence-corrected chi connectivity index (χ1v) is 14.3. The third-order valence-corrected chi connectivity index (χ3v) is 7.33. The number of aliphatic hydroxyl groups is 1. The van der Waals surface area contributed by atoms with Crippen LogP contribution < -0.4 is 0 Å². The Balaban J connectivity index is 1.59. The first-order chi connectivity index (χ1) is 19.8. The molecule has 2 N–H and O–H groups in total. The van der Waals surface area contributed by atoms with Gasteiger partial charge in [-0.1, -0.05) is 63.4 Å². The second kappa shape index (κ2) is 12.8. The van der Waals surface area contributed by atoms with Gasteiger partial charge in [0.25, 0.3) is 6.29 Å². The molecule has 0 bridgehead atoms. The van der Waals surface area contributed by atoms with E-state index in [9.17, 15) is 19.8 Å². The second-order valence-corrected chi connectivity index (χ2v) is 12.2. The average molecular weight is 590 g/mol. The van der Waals surface area contributed by atoms with Crippen molar-refractivity contribution in [1.29, 1.82) is 0 Å². The van der Waals surface area contributed by atoms with E-state index in [2.05, 4.69) is 16.8 Å². The normalized spacial score (nSPS) is 13.0. The Labute approximate surface area is 249 Å². The zero-order chi connectivity index (χ0) is 30.6. The summed E-state index contributed by atoms with van der Waals surface area (Å²) in [6.07, 6.45) is -2.48.